The molecule has 0 rings (SSSR count). The maximum atomic E-state index is 13.1. The number of carbonyl (C=O) groups excluding carboxylic acids is 4. The van der Waals surface area contributed by atoms with E-state index < -0.39 is 97.5 Å². The Morgan fingerprint density at radius 2 is 0.510 bits per heavy atom. The van der Waals surface area contributed by atoms with Crippen LogP contribution in [0.5, 0.6) is 0 Å². The first-order chi connectivity index (χ1) is 48.4. The third-order valence-corrected chi connectivity index (χ3v) is 21.2. The minimum atomic E-state index is -4.96. The smallest absolute Gasteiger partial charge is 0.462 e. The van der Waals surface area contributed by atoms with Crippen LogP contribution in [0.25, 0.3) is 0 Å². The zero-order chi connectivity index (χ0) is 73.5. The highest BCUT2D eigenvalue weighted by molar-refractivity contribution is 7.47. The van der Waals surface area contributed by atoms with Crippen molar-refractivity contribution in [3.8, 4) is 0 Å². The van der Waals surface area contributed by atoms with Crippen molar-refractivity contribution < 1.29 is 80.2 Å². The van der Waals surface area contributed by atoms with Crippen LogP contribution in [0, 0.1) is 11.8 Å². The zero-order valence-corrected chi connectivity index (χ0v) is 67.3. The van der Waals surface area contributed by atoms with Gasteiger partial charge in [-0.3, -0.25) is 37.3 Å². The monoisotopic (exact) mass is 1470 g/mol. The third kappa shape index (κ3) is 73.0. The minimum absolute atomic E-state index is 0.107. The summed E-state index contributed by atoms with van der Waals surface area (Å²) < 4.78 is 68.7. The average molecular weight is 1470 g/mol. The number of hydrogen-bond acceptors (Lipinski definition) is 15. The fraction of sp³-hybridized carbons (Fsp3) is 0.951. The first-order valence-corrected chi connectivity index (χ1v) is 45.0. The number of carbonyl (C=O) groups is 4. The molecular weight excluding hydrogens is 1310 g/mol. The van der Waals surface area contributed by atoms with Crippen LogP contribution in [-0.4, -0.2) is 96.7 Å². The highest BCUT2D eigenvalue weighted by Gasteiger charge is 2.30. The van der Waals surface area contributed by atoms with Crippen LogP contribution in [-0.2, 0) is 65.4 Å². The molecule has 0 spiro atoms. The predicted octanol–water partition coefficient (Wildman–Crippen LogP) is 24.3. The zero-order valence-electron chi connectivity index (χ0n) is 65.5. The Kier molecular flexibility index (Phi) is 71.2. The molecule has 0 aliphatic carbocycles. The molecule has 0 amide bonds. The van der Waals surface area contributed by atoms with Gasteiger partial charge < -0.3 is 33.8 Å². The van der Waals surface area contributed by atoms with Crippen LogP contribution in [0.3, 0.4) is 0 Å². The van der Waals surface area contributed by atoms with E-state index in [1.54, 1.807) is 0 Å². The highest BCUT2D eigenvalue weighted by atomic mass is 31.2. The standard InChI is InChI=1S/C81H158O17P2/c1-7-10-12-14-16-18-19-20-21-22-23-29-34-40-46-52-58-64-79(84)92-70-77(98-80(85)65-59-53-47-41-35-30-25-24-28-33-39-44-50-56-62-74(6)9-3)72-96-100(89,90)94-68-75(82)67-93-99(87,88)95-71-76(69-91-78(83)63-57-51-45-37-17-15-13-11-8-2)97-81(86)66-60-54-48-42-36-31-26-27-32-38-43-49-55-61-73(4)5/h73-77,82H,7-72H2,1-6H3,(H,87,88)(H,89,90)/t74?,75-,76+,77+/m0/s1. The molecule has 0 fully saturated rings. The second kappa shape index (κ2) is 72.6. The fourth-order valence-electron chi connectivity index (χ4n) is 12.5. The summed E-state index contributed by atoms with van der Waals surface area (Å²) in [6.07, 6.45) is 62.3. The lowest BCUT2D eigenvalue weighted by Gasteiger charge is -2.21. The van der Waals surface area contributed by atoms with E-state index in [0.717, 1.165) is 102 Å². The Labute approximate surface area is 613 Å². The van der Waals surface area contributed by atoms with Gasteiger partial charge in [0, 0.05) is 25.7 Å². The molecule has 3 N–H and O–H groups in total. The minimum Gasteiger partial charge on any atom is -0.462 e. The summed E-state index contributed by atoms with van der Waals surface area (Å²) in [5, 5.41) is 10.6. The molecule has 0 radical (unpaired) electrons. The van der Waals surface area contributed by atoms with Crippen molar-refractivity contribution in [3.63, 3.8) is 0 Å². The van der Waals surface area contributed by atoms with Gasteiger partial charge in [0.1, 0.15) is 19.3 Å². The Bertz CT molecular complexity index is 1930. The Balaban J connectivity index is 5.23. The highest BCUT2D eigenvalue weighted by Crippen LogP contribution is 2.45. The molecule has 19 heteroatoms. The van der Waals surface area contributed by atoms with Crippen LogP contribution in [0.15, 0.2) is 0 Å². The Hall–Kier alpha value is -1.94. The molecule has 0 aromatic heterocycles. The maximum Gasteiger partial charge on any atom is 0.472 e. The molecule has 594 valence electrons. The van der Waals surface area contributed by atoms with Gasteiger partial charge in [0.2, 0.25) is 0 Å². The summed E-state index contributed by atoms with van der Waals surface area (Å²) in [6.45, 7) is 9.69. The van der Waals surface area contributed by atoms with Crippen molar-refractivity contribution in [1.82, 2.24) is 0 Å². The number of aliphatic hydroxyl groups excluding tert-OH is 1. The molecule has 3 unspecified atom stereocenters. The van der Waals surface area contributed by atoms with Gasteiger partial charge in [0.25, 0.3) is 0 Å². The third-order valence-electron chi connectivity index (χ3n) is 19.3. The molecule has 0 saturated carbocycles. The van der Waals surface area contributed by atoms with Crippen molar-refractivity contribution in [3.05, 3.63) is 0 Å². The summed E-state index contributed by atoms with van der Waals surface area (Å²) in [5.74, 6) is -0.476. The summed E-state index contributed by atoms with van der Waals surface area (Å²) >= 11 is 0. The van der Waals surface area contributed by atoms with Gasteiger partial charge in [-0.25, -0.2) is 9.13 Å². The summed E-state index contributed by atoms with van der Waals surface area (Å²) in [6, 6.07) is 0. The van der Waals surface area contributed by atoms with Gasteiger partial charge in [-0.2, -0.15) is 0 Å². The van der Waals surface area contributed by atoms with Crippen molar-refractivity contribution in [1.29, 1.82) is 0 Å². The SMILES string of the molecule is CCCCCCCCCCCCCCCCCCCC(=O)OC[C@H](COP(=O)(O)OC[C@@H](O)COP(=O)(O)OC[C@@H](COC(=O)CCCCCCCCCCC)OC(=O)CCCCCCCCCCCCCCCC(C)C)OC(=O)CCCCCCCCCCCCCCCCC(C)CC. The first-order valence-electron chi connectivity index (χ1n) is 42.0. The number of rotatable bonds is 80. The maximum absolute atomic E-state index is 13.1. The van der Waals surface area contributed by atoms with Crippen LogP contribution in [0.1, 0.15) is 427 Å². The van der Waals surface area contributed by atoms with E-state index in [2.05, 4.69) is 41.5 Å². The Morgan fingerprint density at radius 1 is 0.290 bits per heavy atom. The number of phosphoric ester groups is 2. The molecule has 0 saturated heterocycles. The number of phosphoric acid groups is 2. The molecule has 6 atom stereocenters. The number of esters is 4. The topological polar surface area (TPSA) is 237 Å². The molecule has 0 aliphatic heterocycles. The van der Waals surface area contributed by atoms with Crippen LogP contribution < -0.4 is 0 Å². The van der Waals surface area contributed by atoms with Crippen molar-refractivity contribution in [2.24, 2.45) is 11.8 Å². The van der Waals surface area contributed by atoms with Crippen LogP contribution in [0.2, 0.25) is 0 Å². The van der Waals surface area contributed by atoms with Crippen LogP contribution >= 0.6 is 15.6 Å². The van der Waals surface area contributed by atoms with E-state index in [-0.39, 0.29) is 25.7 Å². The lowest BCUT2D eigenvalue weighted by molar-refractivity contribution is -0.161. The largest absolute Gasteiger partial charge is 0.472 e. The Morgan fingerprint density at radius 3 is 0.760 bits per heavy atom. The number of aliphatic hydroxyl groups is 1. The van der Waals surface area contributed by atoms with E-state index in [1.165, 1.54) is 244 Å². The summed E-state index contributed by atoms with van der Waals surface area (Å²) in [7, 11) is -9.92. The van der Waals surface area contributed by atoms with Crippen molar-refractivity contribution >= 4 is 39.5 Å². The second-order valence-electron chi connectivity index (χ2n) is 29.9. The van der Waals surface area contributed by atoms with E-state index in [0.29, 0.717) is 25.7 Å². The molecule has 0 aromatic rings. The fourth-order valence-corrected chi connectivity index (χ4v) is 14.1. The van der Waals surface area contributed by atoms with Crippen molar-refractivity contribution in [2.45, 2.75) is 445 Å². The lowest BCUT2D eigenvalue weighted by atomic mass is 9.99. The first kappa shape index (κ1) is 98.1. The van der Waals surface area contributed by atoms with Gasteiger partial charge in [-0.05, 0) is 37.5 Å². The molecule has 17 nitrogen and oxygen atoms in total. The predicted molar refractivity (Wildman–Crippen MR) is 409 cm³/mol. The molecule has 100 heavy (non-hydrogen) atoms. The van der Waals surface area contributed by atoms with E-state index in [4.69, 9.17) is 37.0 Å². The van der Waals surface area contributed by atoms with Gasteiger partial charge in [-0.15, -0.1) is 0 Å². The van der Waals surface area contributed by atoms with Crippen molar-refractivity contribution in [2.75, 3.05) is 39.6 Å². The van der Waals surface area contributed by atoms with E-state index in [1.807, 2.05) is 0 Å². The lowest BCUT2D eigenvalue weighted by Crippen LogP contribution is -2.30. The van der Waals surface area contributed by atoms with Crippen LogP contribution in [0.4, 0.5) is 0 Å². The summed E-state index contributed by atoms with van der Waals surface area (Å²) in [4.78, 5) is 73.0. The molecule has 0 aliphatic rings. The van der Waals surface area contributed by atoms with Gasteiger partial charge >= 0.3 is 39.5 Å². The number of unbranched alkanes of at least 4 members (excludes halogenated alkanes) is 49. The quantitative estimate of drug-likeness (QED) is 0.0222. The van der Waals surface area contributed by atoms with E-state index >= 15 is 0 Å². The molecular formula is C81H158O17P2. The second-order valence-corrected chi connectivity index (χ2v) is 32.8. The normalized spacial score (nSPS) is 14.2. The van der Waals surface area contributed by atoms with Gasteiger partial charge in [-0.1, -0.05) is 375 Å². The molecule has 0 bridgehead atoms. The molecule has 0 aromatic carbocycles. The number of hydrogen-bond donors (Lipinski definition) is 3. The average Bonchev–Trinajstić information content (AvgIpc) is 0.941. The summed E-state index contributed by atoms with van der Waals surface area (Å²) in [5.41, 5.74) is 0. The molecule has 0 heterocycles. The number of ether oxygens (including phenoxy) is 4. The van der Waals surface area contributed by atoms with Gasteiger partial charge in [0.05, 0.1) is 26.4 Å². The van der Waals surface area contributed by atoms with Gasteiger partial charge in [0.15, 0.2) is 12.2 Å². The van der Waals surface area contributed by atoms with E-state index in [9.17, 15) is 43.2 Å².